The van der Waals surface area contributed by atoms with E-state index in [-0.39, 0.29) is 24.8 Å². The van der Waals surface area contributed by atoms with Crippen LogP contribution in [0.4, 0.5) is 5.69 Å². The first-order valence-corrected chi connectivity index (χ1v) is 10.8. The van der Waals surface area contributed by atoms with Gasteiger partial charge in [-0.3, -0.25) is 9.69 Å². The largest absolute Gasteiger partial charge is 0.454 e. The number of benzene rings is 2. The number of imidazole rings is 1. The maximum atomic E-state index is 13.6. The average Bonchev–Trinajstić information content (AvgIpc) is 3.36. The highest BCUT2D eigenvalue weighted by molar-refractivity contribution is 9.10. The van der Waals surface area contributed by atoms with Gasteiger partial charge in [0, 0.05) is 22.8 Å². The molecule has 1 atom stereocenters. The predicted molar refractivity (Wildman–Crippen MR) is 118 cm³/mol. The monoisotopic (exact) mass is 487 g/mol. The van der Waals surface area contributed by atoms with Gasteiger partial charge in [-0.2, -0.15) is 0 Å². The molecular weight excluding hydrogens is 470 g/mol. The number of carbonyl (C=O) groups is 1. The summed E-state index contributed by atoms with van der Waals surface area (Å²) in [6, 6.07) is 11.2. The molecule has 5 rings (SSSR count). The third-order valence-electron chi connectivity index (χ3n) is 5.47. The summed E-state index contributed by atoms with van der Waals surface area (Å²) in [5.41, 5.74) is 3.92. The number of aromatic nitrogens is 2. The van der Waals surface area contributed by atoms with Crippen molar-refractivity contribution in [1.29, 1.82) is 0 Å². The van der Waals surface area contributed by atoms with Gasteiger partial charge in [-0.05, 0) is 66.0 Å². The zero-order valence-electron chi connectivity index (χ0n) is 16.6. The van der Waals surface area contributed by atoms with E-state index in [9.17, 15) is 4.79 Å². The lowest BCUT2D eigenvalue weighted by Gasteiger charge is -2.28. The van der Waals surface area contributed by atoms with Gasteiger partial charge in [-0.15, -0.1) is 0 Å². The van der Waals surface area contributed by atoms with Gasteiger partial charge < -0.3 is 14.0 Å². The molecule has 1 unspecified atom stereocenters. The van der Waals surface area contributed by atoms with Crippen LogP contribution in [0.1, 0.15) is 53.2 Å². The van der Waals surface area contributed by atoms with Crippen molar-refractivity contribution in [3.05, 3.63) is 68.7 Å². The first-order chi connectivity index (χ1) is 14.4. The molecule has 2 aliphatic heterocycles. The Bertz CT molecular complexity index is 1170. The topological polar surface area (TPSA) is 56.6 Å². The molecule has 0 fully saturated rings. The van der Waals surface area contributed by atoms with Crippen LogP contribution in [0.25, 0.3) is 0 Å². The number of hydrogen-bond acceptors (Lipinski definition) is 4. The van der Waals surface area contributed by atoms with Crippen molar-refractivity contribution in [2.75, 3.05) is 11.7 Å². The highest BCUT2D eigenvalue weighted by Gasteiger charge is 2.44. The zero-order chi connectivity index (χ0) is 21.2. The van der Waals surface area contributed by atoms with Gasteiger partial charge >= 0.3 is 0 Å². The molecule has 8 heteroatoms. The second-order valence-electron chi connectivity index (χ2n) is 7.70. The maximum absolute atomic E-state index is 13.6. The second-order valence-corrected chi connectivity index (χ2v) is 8.85. The Morgan fingerprint density at radius 2 is 1.93 bits per heavy atom. The van der Waals surface area contributed by atoms with E-state index in [0.29, 0.717) is 21.2 Å². The summed E-state index contributed by atoms with van der Waals surface area (Å²) in [5.74, 6) is 1.21. The number of aryl methyl sites for hydroxylation is 1. The van der Waals surface area contributed by atoms with Crippen molar-refractivity contribution < 1.29 is 14.3 Å². The van der Waals surface area contributed by atoms with Crippen molar-refractivity contribution in [2.24, 2.45) is 0 Å². The fourth-order valence-corrected chi connectivity index (χ4v) is 5.11. The maximum Gasteiger partial charge on any atom is 0.279 e. The minimum Gasteiger partial charge on any atom is -0.454 e. The van der Waals surface area contributed by atoms with Gasteiger partial charge in [-0.25, -0.2) is 4.98 Å². The van der Waals surface area contributed by atoms with E-state index in [1.165, 1.54) is 0 Å². The molecule has 154 valence electrons. The molecule has 0 saturated heterocycles. The molecule has 3 aromatic rings. The Morgan fingerprint density at radius 3 is 2.63 bits per heavy atom. The molecule has 1 aromatic heterocycles. The second kappa shape index (κ2) is 7.03. The van der Waals surface area contributed by atoms with Gasteiger partial charge in [-0.1, -0.05) is 23.7 Å². The van der Waals surface area contributed by atoms with Crippen LogP contribution in [0.15, 0.2) is 41.1 Å². The van der Waals surface area contributed by atoms with Crippen molar-refractivity contribution in [3.8, 4) is 11.5 Å². The van der Waals surface area contributed by atoms with Crippen LogP contribution in [0, 0.1) is 6.92 Å². The Kier molecular flexibility index (Phi) is 4.56. The molecule has 0 radical (unpaired) electrons. The molecule has 0 N–H and O–H groups in total. The number of amides is 1. The normalized spacial score (nSPS) is 17.2. The van der Waals surface area contributed by atoms with Gasteiger partial charge in [0.2, 0.25) is 6.79 Å². The minimum absolute atomic E-state index is 0.122. The van der Waals surface area contributed by atoms with Gasteiger partial charge in [0.15, 0.2) is 21.9 Å². The molecule has 2 aromatic carbocycles. The highest BCUT2D eigenvalue weighted by atomic mass is 79.9. The van der Waals surface area contributed by atoms with E-state index in [1.807, 2.05) is 43.3 Å². The molecule has 0 bridgehead atoms. The van der Waals surface area contributed by atoms with Gasteiger partial charge in [0.25, 0.3) is 5.91 Å². The zero-order valence-corrected chi connectivity index (χ0v) is 19.0. The van der Waals surface area contributed by atoms with Crippen LogP contribution in [0.3, 0.4) is 0 Å². The Morgan fingerprint density at radius 1 is 1.20 bits per heavy atom. The summed E-state index contributed by atoms with van der Waals surface area (Å²) in [7, 11) is 0. The predicted octanol–water partition coefficient (Wildman–Crippen LogP) is 5.67. The minimum atomic E-state index is -0.342. The van der Waals surface area contributed by atoms with Crippen LogP contribution in [0.5, 0.6) is 11.5 Å². The molecule has 6 nitrogen and oxygen atoms in total. The van der Waals surface area contributed by atoms with Crippen molar-refractivity contribution >= 4 is 39.1 Å². The number of fused-ring (bicyclic) bond motifs is 2. The van der Waals surface area contributed by atoms with Gasteiger partial charge in [0.1, 0.15) is 6.04 Å². The summed E-state index contributed by atoms with van der Waals surface area (Å²) in [4.78, 5) is 19.9. The van der Waals surface area contributed by atoms with E-state index in [1.54, 1.807) is 4.90 Å². The lowest BCUT2D eigenvalue weighted by molar-refractivity contribution is 0.0989. The van der Waals surface area contributed by atoms with Gasteiger partial charge in [0.05, 0.1) is 5.69 Å². The Hall–Kier alpha value is -2.51. The van der Waals surface area contributed by atoms with E-state index in [0.717, 1.165) is 28.3 Å². The quantitative estimate of drug-likeness (QED) is 0.477. The Balaban J connectivity index is 1.73. The SMILES string of the molecule is Cc1cc(N2C(=O)c3nc(Br)n(C(C)C)c3C2c2ccc(Cl)cc2)cc2c1OCO2. The van der Waals surface area contributed by atoms with Crippen LogP contribution in [-0.2, 0) is 0 Å². The number of hydrogen-bond donors (Lipinski definition) is 0. The fraction of sp³-hybridized carbons (Fsp3) is 0.273. The van der Waals surface area contributed by atoms with Crippen molar-refractivity contribution in [2.45, 2.75) is 32.9 Å². The standard InChI is InChI=1S/C22H19BrClN3O3/c1-11(2)26-19-17(25-22(26)23)21(28)27(18(19)13-4-6-14(24)7-5-13)15-8-12(3)20-16(9-15)29-10-30-20/h4-9,11,18H,10H2,1-3H3. The molecule has 0 aliphatic carbocycles. The fourth-order valence-electron chi connectivity index (χ4n) is 4.21. The third kappa shape index (κ3) is 2.83. The number of rotatable bonds is 3. The molecule has 1 amide bonds. The van der Waals surface area contributed by atoms with E-state index >= 15 is 0 Å². The summed E-state index contributed by atoms with van der Waals surface area (Å²) in [6.45, 7) is 6.28. The van der Waals surface area contributed by atoms with Crippen LogP contribution < -0.4 is 14.4 Å². The molecular formula is C22H19BrClN3O3. The number of halogens is 2. The number of ether oxygens (including phenoxy) is 2. The summed E-state index contributed by atoms with van der Waals surface area (Å²) in [5, 5.41) is 0.646. The number of nitrogens with zero attached hydrogens (tertiary/aromatic N) is 3. The molecule has 3 heterocycles. The molecule has 0 spiro atoms. The lowest BCUT2D eigenvalue weighted by Crippen LogP contribution is -2.30. The van der Waals surface area contributed by atoms with Crippen molar-refractivity contribution in [1.82, 2.24) is 9.55 Å². The van der Waals surface area contributed by atoms with E-state index in [2.05, 4.69) is 39.3 Å². The van der Waals surface area contributed by atoms with E-state index < -0.39 is 0 Å². The highest BCUT2D eigenvalue weighted by Crippen LogP contribution is 2.47. The molecule has 0 saturated carbocycles. The summed E-state index contributed by atoms with van der Waals surface area (Å²) < 4.78 is 13.9. The Labute approximate surface area is 187 Å². The first-order valence-electron chi connectivity index (χ1n) is 9.63. The van der Waals surface area contributed by atoms with Crippen LogP contribution in [0.2, 0.25) is 5.02 Å². The average molecular weight is 489 g/mol. The number of carbonyl (C=O) groups excluding carboxylic acids is 1. The summed E-state index contributed by atoms with van der Waals surface area (Å²) in [6.07, 6.45) is 0. The van der Waals surface area contributed by atoms with E-state index in [4.69, 9.17) is 21.1 Å². The lowest BCUT2D eigenvalue weighted by atomic mass is 10.0. The first kappa shape index (κ1) is 19.5. The third-order valence-corrected chi connectivity index (χ3v) is 6.28. The van der Waals surface area contributed by atoms with Crippen LogP contribution in [-0.4, -0.2) is 22.3 Å². The number of anilines is 1. The molecule has 30 heavy (non-hydrogen) atoms. The van der Waals surface area contributed by atoms with Crippen LogP contribution >= 0.6 is 27.5 Å². The summed E-state index contributed by atoms with van der Waals surface area (Å²) >= 11 is 9.67. The smallest absolute Gasteiger partial charge is 0.279 e. The molecule has 2 aliphatic rings. The van der Waals surface area contributed by atoms with Crippen molar-refractivity contribution in [3.63, 3.8) is 0 Å².